The molecule has 0 bridgehead atoms. The fraction of sp³-hybridized carbons (Fsp3) is 0.562. The number of ether oxygens (including phenoxy) is 1. The number of sulfonamides is 1. The van der Waals surface area contributed by atoms with E-state index in [-0.39, 0.29) is 47.6 Å². The molecule has 0 saturated carbocycles. The van der Waals surface area contributed by atoms with Crippen molar-refractivity contribution in [2.75, 3.05) is 19.7 Å². The average molecular weight is 422 g/mol. The van der Waals surface area contributed by atoms with Crippen LogP contribution in [0.15, 0.2) is 17.0 Å². The second kappa shape index (κ2) is 9.45. The Morgan fingerprint density at radius 2 is 2.07 bits per heavy atom. The van der Waals surface area contributed by atoms with Gasteiger partial charge >= 0.3 is 5.97 Å². The van der Waals surface area contributed by atoms with Crippen LogP contribution in [0.3, 0.4) is 0 Å². The van der Waals surface area contributed by atoms with Gasteiger partial charge in [0.1, 0.15) is 0 Å². The monoisotopic (exact) mass is 421 g/mol. The molecule has 1 aromatic rings. The van der Waals surface area contributed by atoms with E-state index in [1.165, 1.54) is 11.2 Å². The molecule has 0 amide bonds. The van der Waals surface area contributed by atoms with Crippen molar-refractivity contribution in [3.63, 3.8) is 0 Å². The first-order chi connectivity index (χ1) is 12.2. The molecular formula is C16H24ClN3O6S. The van der Waals surface area contributed by atoms with Gasteiger partial charge < -0.3 is 10.5 Å². The minimum Gasteiger partial charge on any atom is -0.462 e. The van der Waals surface area contributed by atoms with E-state index in [4.69, 9.17) is 10.5 Å². The number of carbonyl (C=O) groups excluding carboxylic acids is 1. The number of rotatable bonds is 6. The van der Waals surface area contributed by atoms with Gasteiger partial charge in [-0.3, -0.25) is 10.1 Å². The van der Waals surface area contributed by atoms with Gasteiger partial charge in [0, 0.05) is 30.8 Å². The van der Waals surface area contributed by atoms with Gasteiger partial charge in [-0.05, 0) is 32.8 Å². The quantitative estimate of drug-likeness (QED) is 0.421. The first kappa shape index (κ1) is 23.3. The Kier molecular flexibility index (Phi) is 8.15. The topological polar surface area (TPSA) is 133 Å². The van der Waals surface area contributed by atoms with Crippen molar-refractivity contribution in [1.29, 1.82) is 0 Å². The van der Waals surface area contributed by atoms with E-state index in [2.05, 4.69) is 0 Å². The summed E-state index contributed by atoms with van der Waals surface area (Å²) in [5.41, 5.74) is 5.21. The number of nitrogens with zero attached hydrogens (tertiary/aromatic N) is 2. The SMILES string of the molecule is CCOC(=O)c1cc(S(=O)(=O)N2CCCCC2CN)cc([N+](=O)[O-])c1C.Cl. The summed E-state index contributed by atoms with van der Waals surface area (Å²) < 4.78 is 32.3. The molecule has 2 N–H and O–H groups in total. The molecule has 9 nitrogen and oxygen atoms in total. The highest BCUT2D eigenvalue weighted by atomic mass is 35.5. The van der Waals surface area contributed by atoms with Crippen LogP contribution < -0.4 is 5.73 Å². The third-order valence-electron chi connectivity index (χ3n) is 4.50. The number of benzene rings is 1. The van der Waals surface area contributed by atoms with Crippen LogP contribution in [-0.2, 0) is 14.8 Å². The largest absolute Gasteiger partial charge is 0.462 e. The third kappa shape index (κ3) is 4.75. The van der Waals surface area contributed by atoms with Crippen molar-refractivity contribution >= 4 is 34.1 Å². The number of nitro groups is 1. The van der Waals surface area contributed by atoms with Gasteiger partial charge in [0.05, 0.1) is 22.0 Å². The normalized spacial score (nSPS) is 17.8. The standard InChI is InChI=1S/C16H23N3O6S.ClH/c1-3-25-16(20)14-8-13(9-15(11(14)2)19(21)22)26(23,24)18-7-5-4-6-12(18)10-17;/h8-9,12H,3-7,10,17H2,1-2H3;1H. The highest BCUT2D eigenvalue weighted by Gasteiger charge is 2.35. The molecule has 1 aliphatic heterocycles. The predicted octanol–water partition coefficient (Wildman–Crippen LogP) is 2.00. The Bertz CT molecular complexity index is 815. The first-order valence-electron chi connectivity index (χ1n) is 8.42. The summed E-state index contributed by atoms with van der Waals surface area (Å²) in [4.78, 5) is 22.5. The molecule has 2 rings (SSSR count). The van der Waals surface area contributed by atoms with Crippen LogP contribution in [0.1, 0.15) is 42.1 Å². The number of hydrogen-bond acceptors (Lipinski definition) is 7. The Balaban J connectivity index is 0.00000364. The third-order valence-corrected chi connectivity index (χ3v) is 6.43. The molecule has 1 unspecified atom stereocenters. The maximum Gasteiger partial charge on any atom is 0.338 e. The number of nitrogens with two attached hydrogens (primary N) is 1. The number of esters is 1. The predicted molar refractivity (Wildman–Crippen MR) is 102 cm³/mol. The van der Waals surface area contributed by atoms with E-state index in [0.717, 1.165) is 18.6 Å². The van der Waals surface area contributed by atoms with Crippen LogP contribution in [-0.4, -0.2) is 49.4 Å². The molecule has 27 heavy (non-hydrogen) atoms. The smallest absolute Gasteiger partial charge is 0.338 e. The Hall–Kier alpha value is -1.75. The van der Waals surface area contributed by atoms with E-state index < -0.39 is 26.6 Å². The molecule has 0 aromatic heterocycles. The molecule has 152 valence electrons. The van der Waals surface area contributed by atoms with Crippen LogP contribution >= 0.6 is 12.4 Å². The number of carbonyl (C=O) groups is 1. The van der Waals surface area contributed by atoms with Crippen molar-refractivity contribution in [3.8, 4) is 0 Å². The van der Waals surface area contributed by atoms with E-state index in [9.17, 15) is 23.3 Å². The summed E-state index contributed by atoms with van der Waals surface area (Å²) in [6, 6.07) is 1.79. The minimum atomic E-state index is -4.03. The van der Waals surface area contributed by atoms with Gasteiger partial charge in [-0.25, -0.2) is 13.2 Å². The fourth-order valence-corrected chi connectivity index (χ4v) is 4.85. The van der Waals surface area contributed by atoms with Gasteiger partial charge in [0.2, 0.25) is 10.0 Å². The first-order valence-corrected chi connectivity index (χ1v) is 9.86. The van der Waals surface area contributed by atoms with E-state index in [0.29, 0.717) is 19.4 Å². The molecule has 1 aliphatic rings. The van der Waals surface area contributed by atoms with Gasteiger partial charge in [0.15, 0.2) is 0 Å². The summed E-state index contributed by atoms with van der Waals surface area (Å²) in [6.45, 7) is 3.52. The maximum atomic E-state index is 13.1. The van der Waals surface area contributed by atoms with Crippen LogP contribution in [0.5, 0.6) is 0 Å². The molecule has 0 aliphatic carbocycles. The van der Waals surface area contributed by atoms with Crippen molar-refractivity contribution < 1.29 is 22.9 Å². The van der Waals surface area contributed by atoms with Gasteiger partial charge in [0.25, 0.3) is 5.69 Å². The van der Waals surface area contributed by atoms with Gasteiger partial charge in [-0.1, -0.05) is 6.42 Å². The molecule has 1 heterocycles. The Morgan fingerprint density at radius 1 is 1.41 bits per heavy atom. The van der Waals surface area contributed by atoms with Crippen molar-refractivity contribution in [2.24, 2.45) is 5.73 Å². The van der Waals surface area contributed by atoms with Crippen molar-refractivity contribution in [2.45, 2.75) is 44.0 Å². The zero-order chi connectivity index (χ0) is 19.5. The molecule has 0 radical (unpaired) electrons. The molecule has 1 aromatic carbocycles. The maximum absolute atomic E-state index is 13.1. The molecule has 1 saturated heterocycles. The Labute approximate surface area is 164 Å². The number of piperidine rings is 1. The van der Waals surface area contributed by atoms with Crippen LogP contribution in [0.4, 0.5) is 5.69 Å². The van der Waals surface area contributed by atoms with Crippen LogP contribution in [0.25, 0.3) is 0 Å². The lowest BCUT2D eigenvalue weighted by Crippen LogP contribution is -2.47. The summed E-state index contributed by atoms with van der Waals surface area (Å²) in [5, 5.41) is 11.4. The van der Waals surface area contributed by atoms with E-state index in [1.54, 1.807) is 6.92 Å². The summed E-state index contributed by atoms with van der Waals surface area (Å²) in [5.74, 6) is -0.792. The lowest BCUT2D eigenvalue weighted by molar-refractivity contribution is -0.385. The van der Waals surface area contributed by atoms with Crippen LogP contribution in [0.2, 0.25) is 0 Å². The average Bonchev–Trinajstić information content (AvgIpc) is 2.61. The van der Waals surface area contributed by atoms with Crippen molar-refractivity contribution in [1.82, 2.24) is 4.31 Å². The number of hydrogen-bond donors (Lipinski definition) is 1. The number of halogens is 1. The summed E-state index contributed by atoms with van der Waals surface area (Å²) >= 11 is 0. The minimum absolute atomic E-state index is 0. The van der Waals surface area contributed by atoms with Crippen molar-refractivity contribution in [3.05, 3.63) is 33.4 Å². The second-order valence-corrected chi connectivity index (χ2v) is 7.98. The Morgan fingerprint density at radius 3 is 2.63 bits per heavy atom. The van der Waals surface area contributed by atoms with Gasteiger partial charge in [-0.2, -0.15) is 4.31 Å². The summed E-state index contributed by atoms with van der Waals surface area (Å²) in [7, 11) is -4.03. The highest BCUT2D eigenvalue weighted by molar-refractivity contribution is 7.89. The van der Waals surface area contributed by atoms with E-state index in [1.807, 2.05) is 0 Å². The fourth-order valence-electron chi connectivity index (χ4n) is 3.09. The molecule has 1 fully saturated rings. The molecule has 1 atom stereocenters. The lowest BCUT2D eigenvalue weighted by Gasteiger charge is -2.33. The zero-order valence-corrected chi connectivity index (χ0v) is 16.8. The molecular weight excluding hydrogens is 398 g/mol. The second-order valence-electron chi connectivity index (χ2n) is 6.09. The number of nitro benzene ring substituents is 1. The van der Waals surface area contributed by atoms with Crippen LogP contribution in [0, 0.1) is 17.0 Å². The molecule has 0 spiro atoms. The zero-order valence-electron chi connectivity index (χ0n) is 15.2. The summed E-state index contributed by atoms with van der Waals surface area (Å²) in [6.07, 6.45) is 2.19. The lowest BCUT2D eigenvalue weighted by atomic mass is 10.1. The highest BCUT2D eigenvalue weighted by Crippen LogP contribution is 2.31. The molecule has 11 heteroatoms. The van der Waals surface area contributed by atoms with E-state index >= 15 is 0 Å². The van der Waals surface area contributed by atoms with Gasteiger partial charge in [-0.15, -0.1) is 12.4 Å².